The minimum atomic E-state index is -1.11. The van der Waals surface area contributed by atoms with Gasteiger partial charge in [-0.25, -0.2) is 4.79 Å². The first kappa shape index (κ1) is 19.6. The van der Waals surface area contributed by atoms with Crippen molar-refractivity contribution in [2.75, 3.05) is 19.0 Å². The molecule has 0 unspecified atom stereocenters. The molecule has 0 bridgehead atoms. The summed E-state index contributed by atoms with van der Waals surface area (Å²) >= 11 is 0. The van der Waals surface area contributed by atoms with E-state index in [0.29, 0.717) is 11.5 Å². The van der Waals surface area contributed by atoms with Crippen LogP contribution in [0.3, 0.4) is 0 Å². The van der Waals surface area contributed by atoms with Crippen LogP contribution in [0.25, 0.3) is 6.08 Å². The van der Waals surface area contributed by atoms with Crippen molar-refractivity contribution in [1.29, 1.82) is 0 Å². The maximum atomic E-state index is 12.1. The Morgan fingerprint density at radius 2 is 1.96 bits per heavy atom. The molecule has 0 aromatic heterocycles. The van der Waals surface area contributed by atoms with Gasteiger partial charge < -0.3 is 19.9 Å². The van der Waals surface area contributed by atoms with Gasteiger partial charge in [0.05, 0.1) is 18.4 Å². The lowest BCUT2D eigenvalue weighted by atomic mass is 10.1. The van der Waals surface area contributed by atoms with Gasteiger partial charge in [-0.05, 0) is 42.8 Å². The second kappa shape index (κ2) is 9.68. The molecule has 0 saturated heterocycles. The third kappa shape index (κ3) is 5.65. The van der Waals surface area contributed by atoms with Crippen LogP contribution in [-0.4, -0.2) is 30.7 Å². The summed E-state index contributed by atoms with van der Waals surface area (Å²) in [4.78, 5) is 23.3. The monoisotopic (exact) mass is 365 g/mol. The van der Waals surface area contributed by atoms with Crippen LogP contribution < -0.4 is 14.8 Å². The number of amides is 1. The highest BCUT2D eigenvalue weighted by molar-refractivity contribution is 6.06. The molecule has 2 aromatic rings. The molecule has 0 aliphatic rings. The Morgan fingerprint density at radius 1 is 1.19 bits per heavy atom. The number of carboxylic acid groups (broad SMARTS) is 1. The van der Waals surface area contributed by atoms with Crippen LogP contribution in [0.4, 0.5) is 5.69 Å². The first-order valence-corrected chi connectivity index (χ1v) is 8.07. The van der Waals surface area contributed by atoms with Crippen LogP contribution in [0.5, 0.6) is 11.5 Å². The zero-order valence-electron chi connectivity index (χ0n) is 15.0. The first-order valence-electron chi connectivity index (χ1n) is 8.07. The molecule has 6 nitrogen and oxygen atoms in total. The minimum absolute atomic E-state index is 0.0256. The SMILES string of the molecule is CC#CCOc1ccc(C=CC(=O)Nc2ccccc2C(=O)O)cc1OC. The van der Waals surface area contributed by atoms with Gasteiger partial charge >= 0.3 is 5.97 Å². The number of nitrogens with one attached hydrogen (secondary N) is 1. The molecule has 0 aliphatic carbocycles. The van der Waals surface area contributed by atoms with E-state index >= 15 is 0 Å². The zero-order chi connectivity index (χ0) is 19.6. The summed E-state index contributed by atoms with van der Waals surface area (Å²) in [6.07, 6.45) is 2.91. The van der Waals surface area contributed by atoms with Crippen LogP contribution in [0.1, 0.15) is 22.8 Å². The summed E-state index contributed by atoms with van der Waals surface area (Å²) in [5.41, 5.74) is 0.984. The van der Waals surface area contributed by atoms with Gasteiger partial charge in [0, 0.05) is 6.08 Å². The number of aromatic carboxylic acids is 1. The fraction of sp³-hybridized carbons (Fsp3) is 0.143. The van der Waals surface area contributed by atoms with E-state index in [-0.39, 0.29) is 17.9 Å². The Kier molecular flexibility index (Phi) is 7.03. The van der Waals surface area contributed by atoms with Gasteiger partial charge in [0.25, 0.3) is 0 Å². The lowest BCUT2D eigenvalue weighted by molar-refractivity contribution is -0.111. The van der Waals surface area contributed by atoms with E-state index in [0.717, 1.165) is 5.56 Å². The van der Waals surface area contributed by atoms with E-state index in [1.807, 2.05) is 0 Å². The molecule has 6 heteroatoms. The summed E-state index contributed by atoms with van der Waals surface area (Å²) in [7, 11) is 1.52. The summed E-state index contributed by atoms with van der Waals surface area (Å²) in [5, 5.41) is 11.7. The Balaban J connectivity index is 2.09. The molecular weight excluding hydrogens is 346 g/mol. The van der Waals surface area contributed by atoms with Gasteiger partial charge in [-0.1, -0.05) is 24.1 Å². The number of carbonyl (C=O) groups excluding carboxylic acids is 1. The summed E-state index contributed by atoms with van der Waals surface area (Å²) in [6, 6.07) is 11.4. The number of ether oxygens (including phenoxy) is 2. The van der Waals surface area contributed by atoms with Crippen molar-refractivity contribution in [2.45, 2.75) is 6.92 Å². The number of benzene rings is 2. The lowest BCUT2D eigenvalue weighted by Gasteiger charge is -2.09. The van der Waals surface area contributed by atoms with E-state index in [9.17, 15) is 9.59 Å². The van der Waals surface area contributed by atoms with Crippen molar-refractivity contribution >= 4 is 23.6 Å². The molecular formula is C21H19NO5. The minimum Gasteiger partial charge on any atom is -0.493 e. The first-order chi connectivity index (χ1) is 13.0. The van der Waals surface area contributed by atoms with Crippen LogP contribution in [0.2, 0.25) is 0 Å². The van der Waals surface area contributed by atoms with E-state index in [4.69, 9.17) is 14.6 Å². The number of hydrogen-bond acceptors (Lipinski definition) is 4. The Labute approximate surface area is 157 Å². The molecule has 0 fully saturated rings. The van der Waals surface area contributed by atoms with Crippen molar-refractivity contribution < 1.29 is 24.2 Å². The number of methoxy groups -OCH3 is 1. The van der Waals surface area contributed by atoms with Crippen molar-refractivity contribution in [3.63, 3.8) is 0 Å². The fourth-order valence-corrected chi connectivity index (χ4v) is 2.22. The van der Waals surface area contributed by atoms with Gasteiger partial charge in [-0.2, -0.15) is 0 Å². The van der Waals surface area contributed by atoms with E-state index in [1.54, 1.807) is 43.3 Å². The molecule has 0 spiro atoms. The molecule has 0 aliphatic heterocycles. The third-order valence-electron chi connectivity index (χ3n) is 3.51. The number of carbonyl (C=O) groups is 2. The highest BCUT2D eigenvalue weighted by atomic mass is 16.5. The van der Waals surface area contributed by atoms with Crippen LogP contribution >= 0.6 is 0 Å². The normalized spacial score (nSPS) is 10.0. The van der Waals surface area contributed by atoms with Gasteiger partial charge in [-0.3, -0.25) is 4.79 Å². The number of carboxylic acids is 1. The van der Waals surface area contributed by atoms with E-state index < -0.39 is 11.9 Å². The molecule has 0 heterocycles. The Morgan fingerprint density at radius 3 is 2.67 bits per heavy atom. The van der Waals surface area contributed by atoms with Crippen molar-refractivity contribution in [2.24, 2.45) is 0 Å². The third-order valence-corrected chi connectivity index (χ3v) is 3.51. The Hall–Kier alpha value is -3.72. The summed E-state index contributed by atoms with van der Waals surface area (Å²) in [6.45, 7) is 1.99. The van der Waals surface area contributed by atoms with E-state index in [1.165, 1.54) is 25.3 Å². The zero-order valence-corrected chi connectivity index (χ0v) is 15.0. The summed E-state index contributed by atoms with van der Waals surface area (Å²) in [5.74, 6) is 5.07. The quantitative estimate of drug-likeness (QED) is 0.580. The molecule has 2 rings (SSSR count). The van der Waals surface area contributed by atoms with Crippen LogP contribution in [0, 0.1) is 11.8 Å². The maximum absolute atomic E-state index is 12.1. The number of rotatable bonds is 7. The van der Waals surface area contributed by atoms with Crippen molar-refractivity contribution in [3.05, 3.63) is 59.7 Å². The van der Waals surface area contributed by atoms with Crippen LogP contribution in [0.15, 0.2) is 48.5 Å². The second-order valence-electron chi connectivity index (χ2n) is 5.30. The molecule has 0 saturated carbocycles. The summed E-state index contributed by atoms with van der Waals surface area (Å²) < 4.78 is 10.8. The van der Waals surface area contributed by atoms with Crippen molar-refractivity contribution in [3.8, 4) is 23.3 Å². The lowest BCUT2D eigenvalue weighted by Crippen LogP contribution is -2.11. The topological polar surface area (TPSA) is 84.9 Å². The molecule has 27 heavy (non-hydrogen) atoms. The second-order valence-corrected chi connectivity index (χ2v) is 5.30. The molecule has 2 aromatic carbocycles. The largest absolute Gasteiger partial charge is 0.493 e. The predicted molar refractivity (Wildman–Crippen MR) is 103 cm³/mol. The predicted octanol–water partition coefficient (Wildman–Crippen LogP) is 3.45. The van der Waals surface area contributed by atoms with Gasteiger partial charge in [-0.15, -0.1) is 5.92 Å². The number of para-hydroxylation sites is 1. The maximum Gasteiger partial charge on any atom is 0.337 e. The molecule has 0 atom stereocenters. The van der Waals surface area contributed by atoms with Crippen LogP contribution in [-0.2, 0) is 4.79 Å². The molecule has 138 valence electrons. The average Bonchev–Trinajstić information content (AvgIpc) is 2.67. The smallest absolute Gasteiger partial charge is 0.337 e. The highest BCUT2D eigenvalue weighted by Gasteiger charge is 2.10. The number of hydrogen-bond donors (Lipinski definition) is 2. The highest BCUT2D eigenvalue weighted by Crippen LogP contribution is 2.28. The molecule has 2 N–H and O–H groups in total. The molecule has 0 radical (unpaired) electrons. The standard InChI is InChI=1S/C21H19NO5/c1-3-4-13-27-18-11-9-15(14-19(18)26-2)10-12-20(23)22-17-8-6-5-7-16(17)21(24)25/h5-12,14H,13H2,1-2H3,(H,22,23)(H,24,25). The molecule has 1 amide bonds. The van der Waals surface area contributed by atoms with E-state index in [2.05, 4.69) is 17.2 Å². The van der Waals surface area contributed by atoms with Gasteiger partial charge in [0.1, 0.15) is 6.61 Å². The average molecular weight is 365 g/mol. The van der Waals surface area contributed by atoms with Crippen molar-refractivity contribution in [1.82, 2.24) is 0 Å². The Bertz CT molecular complexity index is 922. The fourth-order valence-electron chi connectivity index (χ4n) is 2.22. The van der Waals surface area contributed by atoms with Gasteiger partial charge in [0.2, 0.25) is 5.91 Å². The van der Waals surface area contributed by atoms with Gasteiger partial charge in [0.15, 0.2) is 11.5 Å². The number of anilines is 1.